The molecule has 3 rings (SSSR count). The van der Waals surface area contributed by atoms with Gasteiger partial charge in [-0.3, -0.25) is 0 Å². The highest BCUT2D eigenvalue weighted by atomic mass is 35.5. The molecule has 0 bridgehead atoms. The first-order valence-electron chi connectivity index (χ1n) is 8.51. The van der Waals surface area contributed by atoms with Crippen molar-refractivity contribution in [1.29, 1.82) is 0 Å². The minimum absolute atomic E-state index is 0.0285. The van der Waals surface area contributed by atoms with E-state index in [1.54, 1.807) is 12.1 Å². The van der Waals surface area contributed by atoms with Gasteiger partial charge in [-0.1, -0.05) is 48.0 Å². The van der Waals surface area contributed by atoms with Crippen LogP contribution in [-0.2, 0) is 6.18 Å². The van der Waals surface area contributed by atoms with Crippen molar-refractivity contribution in [2.75, 3.05) is 11.8 Å². The van der Waals surface area contributed by atoms with Gasteiger partial charge in [0, 0.05) is 0 Å². The van der Waals surface area contributed by atoms with E-state index in [0.29, 0.717) is 0 Å². The van der Waals surface area contributed by atoms with Crippen LogP contribution < -0.4 is 9.46 Å². The lowest BCUT2D eigenvalue weighted by molar-refractivity contribution is -0.137. The van der Waals surface area contributed by atoms with Crippen LogP contribution in [0.3, 0.4) is 0 Å². The third-order valence-corrected chi connectivity index (χ3v) is 5.29. The Hall–Kier alpha value is -2.84. The molecular weight excluding hydrogens is 439 g/mol. The van der Waals surface area contributed by atoms with Crippen LogP contribution in [0, 0.1) is 0 Å². The van der Waals surface area contributed by atoms with Crippen LogP contribution in [0.2, 0.25) is 5.02 Å². The van der Waals surface area contributed by atoms with Crippen LogP contribution in [0.4, 0.5) is 18.9 Å². The number of halogens is 4. The number of carboxylic acid groups (broad SMARTS) is 1. The van der Waals surface area contributed by atoms with Crippen molar-refractivity contribution < 1.29 is 27.8 Å². The number of aromatic carboxylic acids is 1. The molecule has 0 spiro atoms. The molecule has 30 heavy (non-hydrogen) atoms. The Kier molecular flexibility index (Phi) is 6.48. The van der Waals surface area contributed by atoms with Gasteiger partial charge < -0.3 is 14.6 Å². The van der Waals surface area contributed by atoms with Crippen LogP contribution in [0.5, 0.6) is 5.75 Å². The van der Waals surface area contributed by atoms with E-state index in [1.807, 2.05) is 30.3 Å². The van der Waals surface area contributed by atoms with Crippen molar-refractivity contribution in [3.05, 3.63) is 76.8 Å². The largest absolute Gasteiger partial charge is 0.494 e. The predicted octanol–water partition coefficient (Wildman–Crippen LogP) is 6.85. The van der Waals surface area contributed by atoms with Gasteiger partial charge in [0.05, 0.1) is 33.8 Å². The lowest BCUT2D eigenvalue weighted by Crippen LogP contribution is -2.06. The summed E-state index contributed by atoms with van der Waals surface area (Å²) in [5.74, 6) is -1.12. The summed E-state index contributed by atoms with van der Waals surface area (Å²) in [5.41, 5.74) is 0.873. The Morgan fingerprint density at radius 3 is 2.37 bits per heavy atom. The zero-order valence-electron chi connectivity index (χ0n) is 15.5. The Bertz CT molecular complexity index is 1080. The van der Waals surface area contributed by atoms with Crippen molar-refractivity contribution >= 4 is 35.2 Å². The summed E-state index contributed by atoms with van der Waals surface area (Å²) >= 11 is 6.73. The average molecular weight is 454 g/mol. The van der Waals surface area contributed by atoms with E-state index in [2.05, 4.69) is 4.72 Å². The number of hydrogen-bond acceptors (Lipinski definition) is 4. The molecule has 4 nitrogen and oxygen atoms in total. The molecule has 0 heterocycles. The molecule has 9 heteroatoms. The molecule has 0 aromatic heterocycles. The maximum atomic E-state index is 13.2. The number of methoxy groups -OCH3 is 1. The van der Waals surface area contributed by atoms with Gasteiger partial charge >= 0.3 is 12.1 Å². The van der Waals surface area contributed by atoms with Gasteiger partial charge in [-0.05, 0) is 47.3 Å². The van der Waals surface area contributed by atoms with E-state index < -0.39 is 17.7 Å². The van der Waals surface area contributed by atoms with E-state index in [1.165, 1.54) is 13.2 Å². The molecule has 0 radical (unpaired) electrons. The van der Waals surface area contributed by atoms with Crippen LogP contribution in [-0.4, -0.2) is 18.2 Å². The Morgan fingerprint density at radius 2 is 1.77 bits per heavy atom. The molecule has 0 aliphatic rings. The van der Waals surface area contributed by atoms with Crippen LogP contribution in [0.25, 0.3) is 11.1 Å². The predicted molar refractivity (Wildman–Crippen MR) is 111 cm³/mol. The first-order chi connectivity index (χ1) is 14.2. The molecule has 156 valence electrons. The minimum atomic E-state index is -4.59. The maximum Gasteiger partial charge on any atom is 0.416 e. The normalized spacial score (nSPS) is 11.2. The fourth-order valence-corrected chi connectivity index (χ4v) is 3.95. The molecule has 0 saturated heterocycles. The number of rotatable bonds is 6. The van der Waals surface area contributed by atoms with Crippen molar-refractivity contribution in [3.63, 3.8) is 0 Å². The van der Waals surface area contributed by atoms with Gasteiger partial charge in [0.1, 0.15) is 0 Å². The zero-order valence-corrected chi connectivity index (χ0v) is 17.0. The lowest BCUT2D eigenvalue weighted by atomic mass is 10.0. The molecule has 0 atom stereocenters. The van der Waals surface area contributed by atoms with E-state index in [-0.39, 0.29) is 26.9 Å². The highest BCUT2D eigenvalue weighted by Crippen LogP contribution is 2.42. The first-order valence-corrected chi connectivity index (χ1v) is 9.70. The van der Waals surface area contributed by atoms with E-state index in [4.69, 9.17) is 16.3 Å². The molecule has 0 amide bonds. The number of anilines is 1. The number of carboxylic acids is 1. The summed E-state index contributed by atoms with van der Waals surface area (Å²) in [7, 11) is 1.29. The summed E-state index contributed by atoms with van der Waals surface area (Å²) < 4.78 is 47.4. The first kappa shape index (κ1) is 21.9. The molecule has 0 fully saturated rings. The number of nitrogens with one attached hydrogen (secondary N) is 1. The Labute approximate surface area is 179 Å². The van der Waals surface area contributed by atoms with E-state index in [0.717, 1.165) is 35.2 Å². The molecule has 2 N–H and O–H groups in total. The molecular formula is C21H15ClF3NO3S. The summed E-state index contributed by atoms with van der Waals surface area (Å²) in [6.07, 6.45) is -4.59. The van der Waals surface area contributed by atoms with Gasteiger partial charge in [-0.2, -0.15) is 13.2 Å². The van der Waals surface area contributed by atoms with Gasteiger partial charge in [0.25, 0.3) is 0 Å². The quantitative estimate of drug-likeness (QED) is 0.399. The monoisotopic (exact) mass is 453 g/mol. The molecule has 0 aliphatic carbocycles. The zero-order chi connectivity index (χ0) is 21.9. The molecule has 3 aromatic carbocycles. The van der Waals surface area contributed by atoms with E-state index >= 15 is 0 Å². The number of hydrogen-bond donors (Lipinski definition) is 2. The molecule has 0 aliphatic heterocycles. The van der Waals surface area contributed by atoms with Crippen molar-refractivity contribution in [1.82, 2.24) is 0 Å². The fraction of sp³-hybridized carbons (Fsp3) is 0.0952. The van der Waals surface area contributed by atoms with Gasteiger partial charge in [0.2, 0.25) is 0 Å². The number of carbonyl (C=O) groups is 1. The van der Waals surface area contributed by atoms with Gasteiger partial charge in [-0.25, -0.2) is 4.79 Å². The summed E-state index contributed by atoms with van der Waals surface area (Å²) in [4.78, 5) is 11.7. The SMILES string of the molecule is COc1c(Cl)cc(C(F)(F)F)cc1SNc1cc(-c2ccccc2)ccc1C(=O)O. The van der Waals surface area contributed by atoms with Crippen molar-refractivity contribution in [3.8, 4) is 16.9 Å². The molecule has 3 aromatic rings. The van der Waals surface area contributed by atoms with Gasteiger partial charge in [-0.15, -0.1) is 0 Å². The Balaban J connectivity index is 1.98. The number of benzene rings is 3. The van der Waals surface area contributed by atoms with Crippen LogP contribution >= 0.6 is 23.5 Å². The summed E-state index contributed by atoms with van der Waals surface area (Å²) in [6.45, 7) is 0. The highest BCUT2D eigenvalue weighted by Gasteiger charge is 2.32. The van der Waals surface area contributed by atoms with Crippen molar-refractivity contribution in [2.24, 2.45) is 0 Å². The highest BCUT2D eigenvalue weighted by molar-refractivity contribution is 8.00. The standard InChI is InChI=1S/C21H15ClF3NO3S/c1-29-19-16(22)10-14(21(23,24)25)11-18(19)30-26-17-9-13(7-8-15(17)20(27)28)12-5-3-2-4-6-12/h2-11,26H,1H3,(H,27,28). The van der Waals surface area contributed by atoms with Gasteiger partial charge in [0.15, 0.2) is 5.75 Å². The van der Waals surface area contributed by atoms with Crippen molar-refractivity contribution in [2.45, 2.75) is 11.1 Å². The second-order valence-corrected chi connectivity index (χ2v) is 7.38. The second-order valence-electron chi connectivity index (χ2n) is 6.12. The lowest BCUT2D eigenvalue weighted by Gasteiger charge is -2.16. The maximum absolute atomic E-state index is 13.2. The fourth-order valence-electron chi connectivity index (χ4n) is 2.74. The van der Waals surface area contributed by atoms with Crippen LogP contribution in [0.15, 0.2) is 65.6 Å². The smallest absolute Gasteiger partial charge is 0.416 e. The third-order valence-electron chi connectivity index (χ3n) is 4.17. The summed E-state index contributed by atoms with van der Waals surface area (Å²) in [6, 6.07) is 15.7. The average Bonchev–Trinajstić information content (AvgIpc) is 2.71. The number of alkyl halides is 3. The topological polar surface area (TPSA) is 58.6 Å². The Morgan fingerprint density at radius 1 is 1.07 bits per heavy atom. The van der Waals surface area contributed by atoms with E-state index in [9.17, 15) is 23.1 Å². The minimum Gasteiger partial charge on any atom is -0.494 e. The second kappa shape index (κ2) is 8.89. The third kappa shape index (κ3) is 4.83. The van der Waals surface area contributed by atoms with Crippen LogP contribution in [0.1, 0.15) is 15.9 Å². The molecule has 0 saturated carbocycles. The molecule has 0 unspecified atom stereocenters. The number of ether oxygens (including phenoxy) is 1. The summed E-state index contributed by atoms with van der Waals surface area (Å²) in [5, 5.41) is 9.28.